The second kappa shape index (κ2) is 10.9. The maximum atomic E-state index is 9.96. The van der Waals surface area contributed by atoms with Gasteiger partial charge in [-0.2, -0.15) is 0 Å². The number of benzene rings is 2. The largest absolute Gasteiger partial charge is 0.503 e. The summed E-state index contributed by atoms with van der Waals surface area (Å²) in [5.41, 5.74) is 2.17. The van der Waals surface area contributed by atoms with Gasteiger partial charge in [-0.1, -0.05) is 29.8 Å². The van der Waals surface area contributed by atoms with E-state index in [9.17, 15) is 10.2 Å². The summed E-state index contributed by atoms with van der Waals surface area (Å²) >= 11 is 6.15. The fraction of sp³-hybridized carbons (Fsp3) is 0.478. The highest BCUT2D eigenvalue weighted by molar-refractivity contribution is 6.32. The van der Waals surface area contributed by atoms with E-state index in [1.54, 1.807) is 6.07 Å². The quantitative estimate of drug-likeness (QED) is 0.629. The van der Waals surface area contributed by atoms with E-state index in [1.165, 1.54) is 12.7 Å². The van der Waals surface area contributed by atoms with Crippen molar-refractivity contribution in [3.05, 3.63) is 52.5 Å². The molecule has 7 heteroatoms. The Kier molecular flexibility index (Phi) is 8.22. The van der Waals surface area contributed by atoms with E-state index in [0.717, 1.165) is 37.5 Å². The van der Waals surface area contributed by atoms with Crippen molar-refractivity contribution in [1.29, 1.82) is 0 Å². The normalized spacial score (nSPS) is 17.8. The number of aliphatic hydroxyl groups is 1. The summed E-state index contributed by atoms with van der Waals surface area (Å²) in [7, 11) is 1.52. The number of halogens is 1. The molecule has 1 fully saturated rings. The second-order valence-corrected chi connectivity index (χ2v) is 7.95. The molecule has 2 N–H and O–H groups in total. The number of phenolic OH excluding ortho intramolecular Hbond substituents is 1. The second-order valence-electron chi connectivity index (χ2n) is 7.54. The molecule has 0 unspecified atom stereocenters. The number of phenols is 1. The van der Waals surface area contributed by atoms with Crippen LogP contribution in [0.1, 0.15) is 24.5 Å². The van der Waals surface area contributed by atoms with Crippen molar-refractivity contribution in [3.63, 3.8) is 0 Å². The van der Waals surface area contributed by atoms with E-state index in [0.29, 0.717) is 30.3 Å². The first-order valence-corrected chi connectivity index (χ1v) is 10.8. The average Bonchev–Trinajstić information content (AvgIpc) is 2.74. The summed E-state index contributed by atoms with van der Waals surface area (Å²) in [6.07, 6.45) is 0.715. The fourth-order valence-corrected chi connectivity index (χ4v) is 4.25. The Bertz CT molecular complexity index is 833. The standard InChI is InChI=1S/C23H31ClN2O4/c1-3-30-21-7-5-4-6-18(21)15-26-10-9-25(16-19(26)8-11-27)14-17-12-20(24)23(28)22(13-17)29-2/h4-7,12-13,19,27-28H,3,8-11,14-16H2,1-2H3/t19-/m1/s1. The highest BCUT2D eigenvalue weighted by atomic mass is 35.5. The van der Waals surface area contributed by atoms with Gasteiger partial charge in [0.1, 0.15) is 5.75 Å². The Morgan fingerprint density at radius 2 is 1.93 bits per heavy atom. The Morgan fingerprint density at radius 3 is 2.67 bits per heavy atom. The van der Waals surface area contributed by atoms with Crippen LogP contribution in [0.5, 0.6) is 17.2 Å². The molecule has 2 aromatic carbocycles. The first-order chi connectivity index (χ1) is 14.5. The van der Waals surface area contributed by atoms with Crippen molar-refractivity contribution in [2.24, 2.45) is 0 Å². The minimum atomic E-state index is -0.0288. The van der Waals surface area contributed by atoms with Gasteiger partial charge in [-0.15, -0.1) is 0 Å². The molecule has 0 radical (unpaired) electrons. The lowest BCUT2D eigenvalue weighted by atomic mass is 10.1. The predicted molar refractivity (Wildman–Crippen MR) is 118 cm³/mol. The Labute approximate surface area is 183 Å². The van der Waals surface area contributed by atoms with Crippen LogP contribution in [0.15, 0.2) is 36.4 Å². The molecule has 1 aliphatic rings. The first-order valence-electron chi connectivity index (χ1n) is 10.4. The molecule has 1 saturated heterocycles. The predicted octanol–water partition coefficient (Wildman–Crippen LogP) is 3.52. The number of methoxy groups -OCH3 is 1. The third-order valence-electron chi connectivity index (χ3n) is 5.51. The number of ether oxygens (including phenoxy) is 2. The zero-order valence-electron chi connectivity index (χ0n) is 17.7. The number of aliphatic hydroxyl groups excluding tert-OH is 1. The maximum absolute atomic E-state index is 9.96. The number of hydrogen-bond donors (Lipinski definition) is 2. The lowest BCUT2D eigenvalue weighted by Crippen LogP contribution is -2.52. The van der Waals surface area contributed by atoms with Gasteiger partial charge in [0.15, 0.2) is 11.5 Å². The van der Waals surface area contributed by atoms with Crippen LogP contribution in [0.4, 0.5) is 0 Å². The molecule has 2 aromatic rings. The van der Waals surface area contributed by atoms with Gasteiger partial charge in [-0.25, -0.2) is 0 Å². The summed E-state index contributed by atoms with van der Waals surface area (Å²) in [6, 6.07) is 12.0. The van der Waals surface area contributed by atoms with E-state index in [4.69, 9.17) is 21.1 Å². The molecular weight excluding hydrogens is 404 g/mol. The molecule has 0 spiro atoms. The number of para-hydroxylation sites is 1. The Morgan fingerprint density at radius 1 is 1.13 bits per heavy atom. The molecule has 6 nitrogen and oxygen atoms in total. The molecule has 0 amide bonds. The third-order valence-corrected chi connectivity index (χ3v) is 5.80. The van der Waals surface area contributed by atoms with Crippen LogP contribution in [0, 0.1) is 0 Å². The third kappa shape index (κ3) is 5.58. The van der Waals surface area contributed by atoms with Crippen molar-refractivity contribution in [2.45, 2.75) is 32.5 Å². The molecule has 0 bridgehead atoms. The molecule has 0 saturated carbocycles. The van der Waals surface area contributed by atoms with Crippen molar-refractivity contribution in [1.82, 2.24) is 9.80 Å². The van der Waals surface area contributed by atoms with Crippen LogP contribution < -0.4 is 9.47 Å². The number of piperazine rings is 1. The lowest BCUT2D eigenvalue weighted by molar-refractivity contribution is 0.0494. The van der Waals surface area contributed by atoms with E-state index in [-0.39, 0.29) is 18.4 Å². The van der Waals surface area contributed by atoms with E-state index in [2.05, 4.69) is 15.9 Å². The molecule has 0 aliphatic carbocycles. The highest BCUT2D eigenvalue weighted by Gasteiger charge is 2.27. The van der Waals surface area contributed by atoms with Crippen molar-refractivity contribution in [2.75, 3.05) is 40.0 Å². The molecule has 1 aliphatic heterocycles. The zero-order chi connectivity index (χ0) is 21.5. The molecule has 1 heterocycles. The molecule has 0 aromatic heterocycles. The van der Waals surface area contributed by atoms with E-state index >= 15 is 0 Å². The van der Waals surface area contributed by atoms with Crippen LogP contribution in [-0.2, 0) is 13.1 Å². The zero-order valence-corrected chi connectivity index (χ0v) is 18.4. The Hall–Kier alpha value is -1.99. The minimum absolute atomic E-state index is 0.0288. The average molecular weight is 435 g/mol. The van der Waals surface area contributed by atoms with Crippen LogP contribution in [0.2, 0.25) is 5.02 Å². The minimum Gasteiger partial charge on any atom is -0.503 e. The van der Waals surface area contributed by atoms with Crippen LogP contribution in [0.3, 0.4) is 0 Å². The Balaban J connectivity index is 1.69. The van der Waals surface area contributed by atoms with Gasteiger partial charge in [0.05, 0.1) is 18.7 Å². The smallest absolute Gasteiger partial charge is 0.176 e. The van der Waals surface area contributed by atoms with Gasteiger partial charge in [-0.3, -0.25) is 9.80 Å². The van der Waals surface area contributed by atoms with Crippen LogP contribution in [-0.4, -0.2) is 66.0 Å². The van der Waals surface area contributed by atoms with Crippen LogP contribution in [0.25, 0.3) is 0 Å². The summed E-state index contributed by atoms with van der Waals surface area (Å²) in [6.45, 7) is 6.94. The molecule has 1 atom stereocenters. The summed E-state index contributed by atoms with van der Waals surface area (Å²) < 4.78 is 11.0. The van der Waals surface area contributed by atoms with Crippen molar-refractivity contribution >= 4 is 11.6 Å². The van der Waals surface area contributed by atoms with Gasteiger partial charge >= 0.3 is 0 Å². The van der Waals surface area contributed by atoms with E-state index in [1.807, 2.05) is 31.2 Å². The monoisotopic (exact) mass is 434 g/mol. The summed E-state index contributed by atoms with van der Waals surface area (Å²) in [5.74, 6) is 1.28. The molecule has 30 heavy (non-hydrogen) atoms. The van der Waals surface area contributed by atoms with Crippen molar-refractivity contribution < 1.29 is 19.7 Å². The van der Waals surface area contributed by atoms with Gasteiger partial charge in [0, 0.05) is 50.9 Å². The number of nitrogens with zero attached hydrogens (tertiary/aromatic N) is 2. The van der Waals surface area contributed by atoms with Gasteiger partial charge < -0.3 is 19.7 Å². The van der Waals surface area contributed by atoms with E-state index < -0.39 is 0 Å². The van der Waals surface area contributed by atoms with Crippen LogP contribution >= 0.6 is 11.6 Å². The number of hydrogen-bond acceptors (Lipinski definition) is 6. The number of rotatable bonds is 9. The first kappa shape index (κ1) is 22.7. The number of aromatic hydroxyl groups is 1. The van der Waals surface area contributed by atoms with Gasteiger partial charge in [0.2, 0.25) is 0 Å². The molecular formula is C23H31ClN2O4. The lowest BCUT2D eigenvalue weighted by Gasteiger charge is -2.41. The topological polar surface area (TPSA) is 65.4 Å². The highest BCUT2D eigenvalue weighted by Crippen LogP contribution is 2.35. The maximum Gasteiger partial charge on any atom is 0.176 e. The fourth-order valence-electron chi connectivity index (χ4n) is 4.01. The summed E-state index contributed by atoms with van der Waals surface area (Å²) in [4.78, 5) is 4.78. The molecule has 164 valence electrons. The van der Waals surface area contributed by atoms with Gasteiger partial charge in [0.25, 0.3) is 0 Å². The summed E-state index contributed by atoms with van der Waals surface area (Å²) in [5, 5.41) is 19.9. The SMILES string of the molecule is CCOc1ccccc1CN1CCN(Cc2cc(Cl)c(O)c(OC)c2)C[C@H]1CCO. The molecule has 3 rings (SSSR count). The van der Waals surface area contributed by atoms with Gasteiger partial charge in [-0.05, 0) is 37.1 Å². The van der Waals surface area contributed by atoms with Crippen molar-refractivity contribution in [3.8, 4) is 17.2 Å².